The summed E-state index contributed by atoms with van der Waals surface area (Å²) >= 11 is 0. The van der Waals surface area contributed by atoms with Gasteiger partial charge < -0.3 is 16.3 Å². The van der Waals surface area contributed by atoms with Crippen molar-refractivity contribution in [3.8, 4) is 0 Å². The van der Waals surface area contributed by atoms with Gasteiger partial charge in [0.1, 0.15) is 0 Å². The third kappa shape index (κ3) is 4.63. The Morgan fingerprint density at radius 3 is 2.47 bits per heavy atom. The van der Waals surface area contributed by atoms with Crippen molar-refractivity contribution < 1.29 is 13.5 Å². The molecule has 4 N–H and O–H groups in total. The SMILES string of the molecule is CCC(CO)N(Cc1ccccc1)Nc1c(N)cnc2c1ccn2S(=O)(=O)c1ccc(C)cc1. The van der Waals surface area contributed by atoms with E-state index in [1.807, 2.05) is 49.2 Å². The number of aliphatic hydroxyl groups excluding tert-OH is 1. The van der Waals surface area contributed by atoms with Gasteiger partial charge in [-0.25, -0.2) is 22.4 Å². The van der Waals surface area contributed by atoms with Gasteiger partial charge in [0.25, 0.3) is 10.0 Å². The smallest absolute Gasteiger partial charge is 0.269 e. The second-order valence-corrected chi connectivity index (χ2v) is 10.0. The molecule has 0 spiro atoms. The second-order valence-electron chi connectivity index (χ2n) is 8.23. The lowest BCUT2D eigenvalue weighted by Gasteiger charge is -2.31. The lowest BCUT2D eigenvalue weighted by molar-refractivity contribution is 0.137. The zero-order valence-corrected chi connectivity index (χ0v) is 20.0. The van der Waals surface area contributed by atoms with Crippen LogP contribution in [0.25, 0.3) is 11.0 Å². The highest BCUT2D eigenvalue weighted by Crippen LogP contribution is 2.32. The first kappa shape index (κ1) is 23.7. The van der Waals surface area contributed by atoms with E-state index >= 15 is 0 Å². The van der Waals surface area contributed by atoms with Gasteiger partial charge >= 0.3 is 0 Å². The highest BCUT2D eigenvalue weighted by molar-refractivity contribution is 7.90. The number of nitrogens with one attached hydrogen (secondary N) is 1. The third-order valence-corrected chi connectivity index (χ3v) is 7.54. The van der Waals surface area contributed by atoms with Crippen LogP contribution in [0.5, 0.6) is 0 Å². The molecular formula is C25H29N5O3S. The van der Waals surface area contributed by atoms with Gasteiger partial charge in [-0.15, -0.1) is 0 Å². The van der Waals surface area contributed by atoms with E-state index < -0.39 is 10.0 Å². The topological polar surface area (TPSA) is 113 Å². The summed E-state index contributed by atoms with van der Waals surface area (Å²) in [5, 5.41) is 12.5. The number of anilines is 2. The van der Waals surface area contributed by atoms with E-state index in [9.17, 15) is 13.5 Å². The van der Waals surface area contributed by atoms with Gasteiger partial charge in [0.05, 0.1) is 35.1 Å². The Morgan fingerprint density at radius 1 is 1.12 bits per heavy atom. The number of hydrogen-bond donors (Lipinski definition) is 3. The Labute approximate surface area is 199 Å². The van der Waals surface area contributed by atoms with Gasteiger partial charge in [-0.05, 0) is 37.1 Å². The molecule has 0 aliphatic rings. The first-order valence-corrected chi connectivity index (χ1v) is 12.5. The van der Waals surface area contributed by atoms with E-state index in [0.717, 1.165) is 11.1 Å². The number of pyridine rings is 1. The molecule has 1 atom stereocenters. The van der Waals surface area contributed by atoms with Crippen LogP contribution in [0, 0.1) is 6.92 Å². The maximum Gasteiger partial charge on any atom is 0.269 e. The van der Waals surface area contributed by atoms with Crippen molar-refractivity contribution in [1.82, 2.24) is 14.0 Å². The number of hydrogen-bond acceptors (Lipinski definition) is 7. The Hall–Kier alpha value is -3.40. The summed E-state index contributed by atoms with van der Waals surface area (Å²) in [6.45, 7) is 4.37. The molecule has 2 heterocycles. The van der Waals surface area contributed by atoms with E-state index in [4.69, 9.17) is 5.73 Å². The Kier molecular flexibility index (Phi) is 6.87. The van der Waals surface area contributed by atoms with E-state index in [-0.39, 0.29) is 23.2 Å². The van der Waals surface area contributed by atoms with Crippen molar-refractivity contribution in [1.29, 1.82) is 0 Å². The van der Waals surface area contributed by atoms with Crippen LogP contribution in [0.4, 0.5) is 11.4 Å². The van der Waals surface area contributed by atoms with Gasteiger partial charge in [-0.2, -0.15) is 0 Å². The second kappa shape index (κ2) is 9.84. The van der Waals surface area contributed by atoms with Crippen molar-refractivity contribution in [2.24, 2.45) is 0 Å². The molecule has 0 bridgehead atoms. The lowest BCUT2D eigenvalue weighted by Crippen LogP contribution is -2.41. The standard InChI is InChI=1S/C25H29N5O3S/c1-3-20(17-31)29(16-19-7-5-4-6-8-19)28-24-22-13-14-30(25(22)27-15-23(24)26)34(32,33)21-11-9-18(2)10-12-21/h4-15,20,31H,3,16-17,26H2,1-2H3,(H,27,28). The zero-order chi connectivity index (χ0) is 24.3. The first-order valence-electron chi connectivity index (χ1n) is 11.1. The van der Waals surface area contributed by atoms with Crippen LogP contribution < -0.4 is 11.2 Å². The zero-order valence-electron chi connectivity index (χ0n) is 19.2. The fraction of sp³-hybridized carbons (Fsp3) is 0.240. The van der Waals surface area contributed by atoms with Gasteiger partial charge in [0.15, 0.2) is 5.65 Å². The molecule has 2 aromatic heterocycles. The van der Waals surface area contributed by atoms with Crippen molar-refractivity contribution in [3.05, 3.63) is 84.2 Å². The Bertz CT molecular complexity index is 1370. The highest BCUT2D eigenvalue weighted by Gasteiger charge is 2.23. The number of hydrazine groups is 1. The number of aliphatic hydroxyl groups is 1. The molecule has 0 saturated carbocycles. The summed E-state index contributed by atoms with van der Waals surface area (Å²) in [6, 6.07) is 18.1. The highest BCUT2D eigenvalue weighted by atomic mass is 32.2. The van der Waals surface area contributed by atoms with Gasteiger partial charge in [-0.3, -0.25) is 0 Å². The van der Waals surface area contributed by atoms with Crippen molar-refractivity contribution in [3.63, 3.8) is 0 Å². The molecule has 9 heteroatoms. The molecule has 34 heavy (non-hydrogen) atoms. The van der Waals surface area contributed by atoms with Gasteiger partial charge in [-0.1, -0.05) is 55.0 Å². The van der Waals surface area contributed by atoms with Crippen LogP contribution in [0.3, 0.4) is 0 Å². The summed E-state index contributed by atoms with van der Waals surface area (Å²) in [4.78, 5) is 4.52. The largest absolute Gasteiger partial charge is 0.396 e. The van der Waals surface area contributed by atoms with Crippen LogP contribution in [0.15, 0.2) is 78.0 Å². The third-order valence-electron chi connectivity index (χ3n) is 5.86. The lowest BCUT2D eigenvalue weighted by atomic mass is 10.1. The average Bonchev–Trinajstić information content (AvgIpc) is 3.28. The number of nitrogens with two attached hydrogens (primary N) is 1. The van der Waals surface area contributed by atoms with Crippen LogP contribution in [-0.2, 0) is 16.6 Å². The predicted octanol–water partition coefficient (Wildman–Crippen LogP) is 3.76. The van der Waals surface area contributed by atoms with Gasteiger partial charge in [0, 0.05) is 18.1 Å². The van der Waals surface area contributed by atoms with E-state index in [2.05, 4.69) is 10.4 Å². The molecular weight excluding hydrogens is 450 g/mol. The Balaban J connectivity index is 1.76. The molecule has 0 fully saturated rings. The number of nitrogen functional groups attached to an aromatic ring is 1. The number of rotatable bonds is 9. The van der Waals surface area contributed by atoms with E-state index in [1.54, 1.807) is 30.3 Å². The molecule has 4 aromatic rings. The number of nitrogens with zero attached hydrogens (tertiary/aromatic N) is 3. The molecule has 0 aliphatic heterocycles. The normalized spacial score (nSPS) is 12.8. The summed E-state index contributed by atoms with van der Waals surface area (Å²) in [5.74, 6) is 0. The molecule has 2 aromatic carbocycles. The maximum atomic E-state index is 13.3. The van der Waals surface area contributed by atoms with Gasteiger partial charge in [0.2, 0.25) is 0 Å². The molecule has 178 valence electrons. The first-order chi connectivity index (χ1) is 16.3. The quantitative estimate of drug-likeness (QED) is 0.313. The van der Waals surface area contributed by atoms with E-state index in [0.29, 0.717) is 29.7 Å². The van der Waals surface area contributed by atoms with Crippen LogP contribution in [-0.4, -0.2) is 40.1 Å². The maximum absolute atomic E-state index is 13.3. The van der Waals surface area contributed by atoms with Crippen molar-refractivity contribution in [2.45, 2.75) is 37.8 Å². The van der Waals surface area contributed by atoms with Crippen LogP contribution in [0.1, 0.15) is 24.5 Å². The minimum absolute atomic E-state index is 0.0483. The minimum Gasteiger partial charge on any atom is -0.396 e. The number of fused-ring (bicyclic) bond motifs is 1. The Morgan fingerprint density at radius 2 is 1.82 bits per heavy atom. The fourth-order valence-electron chi connectivity index (χ4n) is 3.85. The average molecular weight is 480 g/mol. The molecule has 1 unspecified atom stereocenters. The van der Waals surface area contributed by atoms with Crippen LogP contribution >= 0.6 is 0 Å². The number of aryl methyl sites for hydroxylation is 1. The minimum atomic E-state index is -3.84. The molecule has 0 amide bonds. The summed E-state index contributed by atoms with van der Waals surface area (Å²) in [5.41, 5.74) is 12.9. The fourth-order valence-corrected chi connectivity index (χ4v) is 5.15. The molecule has 4 rings (SSSR count). The molecule has 0 radical (unpaired) electrons. The summed E-state index contributed by atoms with van der Waals surface area (Å²) in [6.07, 6.45) is 3.64. The number of benzene rings is 2. The molecule has 0 aliphatic carbocycles. The van der Waals surface area contributed by atoms with Crippen molar-refractivity contribution >= 4 is 32.4 Å². The number of aromatic nitrogens is 2. The van der Waals surface area contributed by atoms with Crippen molar-refractivity contribution in [2.75, 3.05) is 17.8 Å². The monoisotopic (exact) mass is 479 g/mol. The summed E-state index contributed by atoms with van der Waals surface area (Å²) in [7, 11) is -3.84. The molecule has 8 nitrogen and oxygen atoms in total. The van der Waals surface area contributed by atoms with E-state index in [1.165, 1.54) is 16.4 Å². The summed E-state index contributed by atoms with van der Waals surface area (Å²) < 4.78 is 27.8. The van der Waals surface area contributed by atoms with Crippen LogP contribution in [0.2, 0.25) is 0 Å². The molecule has 0 saturated heterocycles. The predicted molar refractivity (Wildman–Crippen MR) is 135 cm³/mol.